The summed E-state index contributed by atoms with van der Waals surface area (Å²) < 4.78 is 5.74. The lowest BCUT2D eigenvalue weighted by Crippen LogP contribution is -2.41. The van der Waals surface area contributed by atoms with Crippen molar-refractivity contribution in [2.24, 2.45) is 11.5 Å². The predicted octanol–water partition coefficient (Wildman–Crippen LogP) is 1.04. The normalized spacial score (nSPS) is 18.6. The minimum atomic E-state index is -0.229. The molecule has 1 fully saturated rings. The van der Waals surface area contributed by atoms with Gasteiger partial charge >= 0.3 is 0 Å². The number of hydrogen-bond acceptors (Lipinski definition) is 4. The maximum absolute atomic E-state index is 11.3. The topological polar surface area (TPSA) is 81.6 Å². The van der Waals surface area contributed by atoms with Gasteiger partial charge in [0.05, 0.1) is 18.2 Å². The highest BCUT2D eigenvalue weighted by Gasteiger charge is 2.28. The monoisotopic (exact) mass is 307 g/mol. The summed E-state index contributed by atoms with van der Waals surface area (Å²) in [6.45, 7) is 2.29. The average Bonchev–Trinajstić information content (AvgIpc) is 2.92. The van der Waals surface area contributed by atoms with Crippen LogP contribution in [0.1, 0.15) is 24.8 Å². The van der Waals surface area contributed by atoms with Crippen LogP contribution < -0.4 is 16.2 Å². The molecule has 1 aliphatic heterocycles. The van der Waals surface area contributed by atoms with Crippen LogP contribution in [0, 0.1) is 0 Å². The van der Waals surface area contributed by atoms with Gasteiger partial charge in [-0.3, -0.25) is 9.69 Å². The van der Waals surface area contributed by atoms with Crippen LogP contribution in [0.3, 0.4) is 0 Å². The highest BCUT2D eigenvalue weighted by molar-refractivity contribution is 7.80. The molecule has 1 amide bonds. The summed E-state index contributed by atoms with van der Waals surface area (Å²) in [5.74, 6) is 0.477. The van der Waals surface area contributed by atoms with Crippen molar-refractivity contribution in [3.05, 3.63) is 29.8 Å². The first kappa shape index (κ1) is 15.7. The van der Waals surface area contributed by atoms with Gasteiger partial charge in [-0.25, -0.2) is 0 Å². The average molecular weight is 307 g/mol. The van der Waals surface area contributed by atoms with Crippen LogP contribution in [0.25, 0.3) is 0 Å². The first-order chi connectivity index (χ1) is 10.1. The van der Waals surface area contributed by atoms with Crippen molar-refractivity contribution in [1.82, 2.24) is 4.90 Å². The van der Waals surface area contributed by atoms with Crippen LogP contribution in [-0.2, 0) is 4.79 Å². The van der Waals surface area contributed by atoms with Gasteiger partial charge in [-0.2, -0.15) is 0 Å². The maximum Gasteiger partial charge on any atom is 0.234 e. The summed E-state index contributed by atoms with van der Waals surface area (Å²) in [5.41, 5.74) is 11.8. The van der Waals surface area contributed by atoms with Gasteiger partial charge in [0.25, 0.3) is 0 Å². The Labute approximate surface area is 130 Å². The molecule has 0 radical (unpaired) electrons. The lowest BCUT2D eigenvalue weighted by atomic mass is 10.2. The van der Waals surface area contributed by atoms with Crippen LogP contribution in [0.5, 0.6) is 5.75 Å². The molecule has 5 nitrogen and oxygen atoms in total. The van der Waals surface area contributed by atoms with Gasteiger partial charge in [-0.1, -0.05) is 24.4 Å². The smallest absolute Gasteiger partial charge is 0.234 e. The van der Waals surface area contributed by atoms with Crippen molar-refractivity contribution < 1.29 is 9.53 Å². The summed E-state index contributed by atoms with van der Waals surface area (Å²) in [4.78, 5) is 13.8. The zero-order valence-corrected chi connectivity index (χ0v) is 12.8. The summed E-state index contributed by atoms with van der Waals surface area (Å²) in [6, 6.07) is 7.36. The number of hydrogen-bond donors (Lipinski definition) is 2. The third-order valence-electron chi connectivity index (χ3n) is 3.69. The minimum Gasteiger partial charge on any atom is -0.493 e. The van der Waals surface area contributed by atoms with E-state index in [0.717, 1.165) is 37.9 Å². The fraction of sp³-hybridized carbons (Fsp3) is 0.467. The van der Waals surface area contributed by atoms with Crippen LogP contribution >= 0.6 is 12.2 Å². The zero-order chi connectivity index (χ0) is 15.2. The third-order valence-corrected chi connectivity index (χ3v) is 3.91. The molecule has 1 aromatic carbocycles. The summed E-state index contributed by atoms with van der Waals surface area (Å²) >= 11 is 5.00. The van der Waals surface area contributed by atoms with E-state index in [1.165, 1.54) is 0 Å². The Bertz CT molecular complexity index is 521. The number of thiocarbonyl (C=S) groups is 1. The van der Waals surface area contributed by atoms with Gasteiger partial charge in [0.2, 0.25) is 5.91 Å². The van der Waals surface area contributed by atoms with E-state index in [2.05, 4.69) is 4.90 Å². The van der Waals surface area contributed by atoms with Crippen molar-refractivity contribution in [3.8, 4) is 5.75 Å². The van der Waals surface area contributed by atoms with Crippen LogP contribution in [0.4, 0.5) is 0 Å². The molecular formula is C15H21N3O2S. The van der Waals surface area contributed by atoms with Crippen LogP contribution in [0.2, 0.25) is 0 Å². The van der Waals surface area contributed by atoms with E-state index < -0.39 is 0 Å². The molecule has 1 aliphatic rings. The highest BCUT2D eigenvalue weighted by atomic mass is 32.1. The van der Waals surface area contributed by atoms with Gasteiger partial charge in [0.1, 0.15) is 10.7 Å². The second kappa shape index (κ2) is 7.38. The Morgan fingerprint density at radius 1 is 1.38 bits per heavy atom. The molecule has 1 aromatic rings. The first-order valence-corrected chi connectivity index (χ1v) is 7.55. The Kier molecular flexibility index (Phi) is 5.52. The van der Waals surface area contributed by atoms with Gasteiger partial charge in [0.15, 0.2) is 0 Å². The van der Waals surface area contributed by atoms with E-state index in [4.69, 9.17) is 28.4 Å². The van der Waals surface area contributed by atoms with Crippen LogP contribution in [0.15, 0.2) is 24.3 Å². The number of ether oxygens (including phenoxy) is 1. The SMILES string of the molecule is NC(=O)C1CCCN1CCCOc1ccccc1C(N)=S. The maximum atomic E-state index is 11.3. The number of amides is 1. The molecule has 0 saturated carbocycles. The molecule has 0 spiro atoms. The number of para-hydroxylation sites is 1. The van der Waals surface area contributed by atoms with Crippen molar-refractivity contribution in [2.45, 2.75) is 25.3 Å². The number of likely N-dealkylation sites (tertiary alicyclic amines) is 1. The van der Waals surface area contributed by atoms with Gasteiger partial charge in [0, 0.05) is 6.54 Å². The van der Waals surface area contributed by atoms with E-state index >= 15 is 0 Å². The summed E-state index contributed by atoms with van der Waals surface area (Å²) in [5, 5.41) is 0. The van der Waals surface area contributed by atoms with E-state index in [1.807, 2.05) is 24.3 Å². The van der Waals surface area contributed by atoms with E-state index in [-0.39, 0.29) is 11.9 Å². The fourth-order valence-electron chi connectivity index (χ4n) is 2.66. The fourth-order valence-corrected chi connectivity index (χ4v) is 2.83. The molecule has 21 heavy (non-hydrogen) atoms. The van der Waals surface area contributed by atoms with Crippen molar-refractivity contribution in [3.63, 3.8) is 0 Å². The molecule has 1 unspecified atom stereocenters. The number of carbonyl (C=O) groups excluding carboxylic acids is 1. The number of nitrogens with zero attached hydrogens (tertiary/aromatic N) is 1. The quantitative estimate of drug-likeness (QED) is 0.581. The van der Waals surface area contributed by atoms with Gasteiger partial charge < -0.3 is 16.2 Å². The van der Waals surface area contributed by atoms with Gasteiger partial charge in [-0.05, 0) is 37.9 Å². The Hall–Kier alpha value is -1.66. The molecule has 4 N–H and O–H groups in total. The number of benzene rings is 1. The molecule has 1 heterocycles. The largest absolute Gasteiger partial charge is 0.493 e. The van der Waals surface area contributed by atoms with E-state index in [9.17, 15) is 4.79 Å². The summed E-state index contributed by atoms with van der Waals surface area (Å²) in [6.07, 6.45) is 2.72. The van der Waals surface area contributed by atoms with Crippen molar-refractivity contribution >= 4 is 23.1 Å². The zero-order valence-electron chi connectivity index (χ0n) is 12.0. The highest BCUT2D eigenvalue weighted by Crippen LogP contribution is 2.19. The number of carbonyl (C=O) groups is 1. The molecule has 0 bridgehead atoms. The molecule has 0 aromatic heterocycles. The Morgan fingerprint density at radius 2 is 2.14 bits per heavy atom. The summed E-state index contributed by atoms with van der Waals surface area (Å²) in [7, 11) is 0. The number of rotatable bonds is 7. The van der Waals surface area contributed by atoms with E-state index in [1.54, 1.807) is 0 Å². The Morgan fingerprint density at radius 3 is 2.86 bits per heavy atom. The lowest BCUT2D eigenvalue weighted by Gasteiger charge is -2.21. The molecular weight excluding hydrogens is 286 g/mol. The Balaban J connectivity index is 1.80. The molecule has 6 heteroatoms. The van der Waals surface area contributed by atoms with Crippen molar-refractivity contribution in [1.29, 1.82) is 0 Å². The molecule has 1 atom stereocenters. The molecule has 1 saturated heterocycles. The molecule has 0 aliphatic carbocycles. The third kappa shape index (κ3) is 4.15. The van der Waals surface area contributed by atoms with Gasteiger partial charge in [-0.15, -0.1) is 0 Å². The van der Waals surface area contributed by atoms with E-state index in [0.29, 0.717) is 17.3 Å². The second-order valence-electron chi connectivity index (χ2n) is 5.16. The first-order valence-electron chi connectivity index (χ1n) is 7.14. The van der Waals surface area contributed by atoms with Crippen LogP contribution in [-0.4, -0.2) is 41.5 Å². The second-order valence-corrected chi connectivity index (χ2v) is 5.60. The standard InChI is InChI=1S/C15H21N3O2S/c16-14(19)12-6-3-8-18(12)9-4-10-20-13-7-2-1-5-11(13)15(17)21/h1-2,5,7,12H,3-4,6,8-10H2,(H2,16,19)(H2,17,21). The van der Waals surface area contributed by atoms with Crippen molar-refractivity contribution in [2.75, 3.05) is 19.7 Å². The molecule has 2 rings (SSSR count). The lowest BCUT2D eigenvalue weighted by molar-refractivity contribution is -0.122. The number of nitrogens with two attached hydrogens (primary N) is 2. The number of primary amides is 1. The predicted molar refractivity (Wildman–Crippen MR) is 86.2 cm³/mol. The minimum absolute atomic E-state index is 0.117. The molecule has 114 valence electrons.